The summed E-state index contributed by atoms with van der Waals surface area (Å²) in [6, 6.07) is 4.43. The number of halogens is 1. The van der Waals surface area contributed by atoms with E-state index in [1.54, 1.807) is 10.7 Å². The summed E-state index contributed by atoms with van der Waals surface area (Å²) in [5.41, 5.74) is 4.18. The smallest absolute Gasteiger partial charge is 0.123 e. The van der Waals surface area contributed by atoms with Gasteiger partial charge in [-0.1, -0.05) is 13.8 Å². The molecular formula is C19H23FN4O. The summed E-state index contributed by atoms with van der Waals surface area (Å²) in [4.78, 5) is 0. The van der Waals surface area contributed by atoms with Crippen molar-refractivity contribution in [2.24, 2.45) is 13.0 Å². The van der Waals surface area contributed by atoms with Crippen molar-refractivity contribution in [1.29, 1.82) is 0 Å². The van der Waals surface area contributed by atoms with Gasteiger partial charge in [0, 0.05) is 43.5 Å². The average molecular weight is 342 g/mol. The Hall–Kier alpha value is -2.47. The molecule has 0 radical (unpaired) electrons. The number of aliphatic hydroxyl groups excluding tert-OH is 1. The molecule has 25 heavy (non-hydrogen) atoms. The highest BCUT2D eigenvalue weighted by atomic mass is 19.1. The molecule has 0 saturated heterocycles. The highest BCUT2D eigenvalue weighted by molar-refractivity contribution is 5.67. The molecule has 0 aliphatic carbocycles. The number of rotatable bonds is 6. The van der Waals surface area contributed by atoms with Crippen LogP contribution in [0.3, 0.4) is 0 Å². The van der Waals surface area contributed by atoms with Crippen LogP contribution < -0.4 is 0 Å². The number of aromatic nitrogens is 4. The zero-order valence-electron chi connectivity index (χ0n) is 14.8. The molecule has 3 rings (SSSR count). The molecule has 5 nitrogen and oxygen atoms in total. The zero-order valence-corrected chi connectivity index (χ0v) is 14.8. The van der Waals surface area contributed by atoms with Crippen LogP contribution in [0.1, 0.15) is 30.5 Å². The zero-order chi connectivity index (χ0) is 18.0. The number of aliphatic hydroxyl groups is 1. The number of aryl methyl sites for hydroxylation is 1. The summed E-state index contributed by atoms with van der Waals surface area (Å²) in [6.45, 7) is 4.97. The Labute approximate surface area is 146 Å². The maximum atomic E-state index is 13.5. The largest absolute Gasteiger partial charge is 0.392 e. The fraction of sp³-hybridized carbons (Fsp3) is 0.368. The lowest BCUT2D eigenvalue weighted by molar-refractivity contribution is 0.281. The first-order chi connectivity index (χ1) is 12.0. The van der Waals surface area contributed by atoms with Crippen molar-refractivity contribution in [1.82, 2.24) is 19.6 Å². The Bertz CT molecular complexity index is 866. The normalized spacial score (nSPS) is 11.4. The van der Waals surface area contributed by atoms with E-state index in [1.165, 1.54) is 12.1 Å². The fourth-order valence-electron chi connectivity index (χ4n) is 3.01. The number of hydrogen-bond acceptors (Lipinski definition) is 3. The van der Waals surface area contributed by atoms with Crippen LogP contribution in [0.25, 0.3) is 11.3 Å². The topological polar surface area (TPSA) is 55.9 Å². The Morgan fingerprint density at radius 3 is 2.72 bits per heavy atom. The molecule has 0 atom stereocenters. The minimum Gasteiger partial charge on any atom is -0.392 e. The second kappa shape index (κ2) is 7.19. The minimum atomic E-state index is -0.361. The van der Waals surface area contributed by atoms with Crippen molar-refractivity contribution in [2.45, 2.75) is 33.4 Å². The molecule has 132 valence electrons. The molecule has 0 saturated carbocycles. The van der Waals surface area contributed by atoms with E-state index in [2.05, 4.69) is 24.0 Å². The van der Waals surface area contributed by atoms with Crippen molar-refractivity contribution >= 4 is 0 Å². The molecule has 6 heteroatoms. The van der Waals surface area contributed by atoms with Gasteiger partial charge in [-0.05, 0) is 35.2 Å². The van der Waals surface area contributed by atoms with Crippen molar-refractivity contribution in [3.05, 3.63) is 59.3 Å². The monoisotopic (exact) mass is 342 g/mol. The van der Waals surface area contributed by atoms with Gasteiger partial charge in [0.1, 0.15) is 5.82 Å². The summed E-state index contributed by atoms with van der Waals surface area (Å²) in [6.07, 6.45) is 6.56. The van der Waals surface area contributed by atoms with E-state index in [9.17, 15) is 9.50 Å². The molecule has 2 heterocycles. The Morgan fingerprint density at radius 2 is 2.00 bits per heavy atom. The summed E-state index contributed by atoms with van der Waals surface area (Å²) in [5.74, 6) is 0.174. The summed E-state index contributed by atoms with van der Waals surface area (Å²) in [7, 11) is 1.86. The molecule has 0 spiro atoms. The average Bonchev–Trinajstić information content (AvgIpc) is 3.13. The molecule has 2 aromatic heterocycles. The quantitative estimate of drug-likeness (QED) is 0.749. The fourth-order valence-corrected chi connectivity index (χ4v) is 3.01. The van der Waals surface area contributed by atoms with Crippen LogP contribution in [0.4, 0.5) is 4.39 Å². The van der Waals surface area contributed by atoms with Gasteiger partial charge in [-0.2, -0.15) is 10.2 Å². The molecular weight excluding hydrogens is 319 g/mol. The van der Waals surface area contributed by atoms with Crippen molar-refractivity contribution in [3.63, 3.8) is 0 Å². The number of nitrogens with zero attached hydrogens (tertiary/aromatic N) is 4. The van der Waals surface area contributed by atoms with Gasteiger partial charge in [0.15, 0.2) is 0 Å². The molecule has 0 fully saturated rings. The molecule has 1 N–H and O–H groups in total. The van der Waals surface area contributed by atoms with Gasteiger partial charge in [0.05, 0.1) is 18.5 Å². The summed E-state index contributed by atoms with van der Waals surface area (Å²) < 4.78 is 17.2. The SMILES string of the molecule is CC(C)Cn1cc(Cc2cn(C)nc2-c2ccc(F)cc2CO)cn1. The first kappa shape index (κ1) is 17.4. The maximum Gasteiger partial charge on any atom is 0.123 e. The molecule has 0 aliphatic heterocycles. The van der Waals surface area contributed by atoms with E-state index in [0.717, 1.165) is 28.9 Å². The predicted octanol–water partition coefficient (Wildman–Crippen LogP) is 3.16. The van der Waals surface area contributed by atoms with Gasteiger partial charge in [0.25, 0.3) is 0 Å². The summed E-state index contributed by atoms with van der Waals surface area (Å²) in [5, 5.41) is 18.5. The van der Waals surface area contributed by atoms with Crippen LogP contribution in [0.5, 0.6) is 0 Å². The van der Waals surface area contributed by atoms with Gasteiger partial charge in [-0.15, -0.1) is 0 Å². The highest BCUT2D eigenvalue weighted by Gasteiger charge is 2.15. The van der Waals surface area contributed by atoms with Crippen molar-refractivity contribution in [2.75, 3.05) is 0 Å². The first-order valence-electron chi connectivity index (χ1n) is 8.39. The van der Waals surface area contributed by atoms with Crippen molar-refractivity contribution < 1.29 is 9.50 Å². The molecule has 3 aromatic rings. The first-order valence-corrected chi connectivity index (χ1v) is 8.39. The van der Waals surface area contributed by atoms with E-state index < -0.39 is 0 Å². The lowest BCUT2D eigenvalue weighted by atomic mass is 9.99. The maximum absolute atomic E-state index is 13.5. The van der Waals surface area contributed by atoms with Crippen LogP contribution >= 0.6 is 0 Å². The van der Waals surface area contributed by atoms with E-state index in [0.29, 0.717) is 17.9 Å². The van der Waals surface area contributed by atoms with Gasteiger partial charge in [0.2, 0.25) is 0 Å². The highest BCUT2D eigenvalue weighted by Crippen LogP contribution is 2.28. The van der Waals surface area contributed by atoms with Crippen LogP contribution in [0, 0.1) is 11.7 Å². The third kappa shape index (κ3) is 3.96. The Morgan fingerprint density at radius 1 is 1.20 bits per heavy atom. The second-order valence-electron chi connectivity index (χ2n) is 6.78. The lowest BCUT2D eigenvalue weighted by Gasteiger charge is -2.07. The van der Waals surface area contributed by atoms with Crippen molar-refractivity contribution in [3.8, 4) is 11.3 Å². The number of benzene rings is 1. The van der Waals surface area contributed by atoms with E-state index in [1.807, 2.05) is 30.3 Å². The molecule has 0 aliphatic rings. The Balaban J connectivity index is 1.93. The summed E-state index contributed by atoms with van der Waals surface area (Å²) >= 11 is 0. The Kier molecular flexibility index (Phi) is 4.99. The number of hydrogen-bond donors (Lipinski definition) is 1. The third-order valence-corrected chi connectivity index (χ3v) is 4.03. The van der Waals surface area contributed by atoms with Crippen LogP contribution in [-0.2, 0) is 26.6 Å². The van der Waals surface area contributed by atoms with Gasteiger partial charge >= 0.3 is 0 Å². The van der Waals surface area contributed by atoms with Gasteiger partial charge < -0.3 is 5.11 Å². The van der Waals surface area contributed by atoms with E-state index in [4.69, 9.17) is 0 Å². The molecule has 0 bridgehead atoms. The van der Waals surface area contributed by atoms with Crippen LogP contribution in [-0.4, -0.2) is 24.7 Å². The predicted molar refractivity (Wildman–Crippen MR) is 94.4 cm³/mol. The van der Waals surface area contributed by atoms with Crippen LogP contribution in [0.2, 0.25) is 0 Å². The second-order valence-corrected chi connectivity index (χ2v) is 6.78. The van der Waals surface area contributed by atoms with E-state index in [-0.39, 0.29) is 12.4 Å². The molecule has 0 amide bonds. The van der Waals surface area contributed by atoms with E-state index >= 15 is 0 Å². The lowest BCUT2D eigenvalue weighted by Crippen LogP contribution is -2.04. The van der Waals surface area contributed by atoms with Gasteiger partial charge in [-0.25, -0.2) is 4.39 Å². The third-order valence-electron chi connectivity index (χ3n) is 4.03. The molecule has 0 unspecified atom stereocenters. The van der Waals surface area contributed by atoms with Crippen LogP contribution in [0.15, 0.2) is 36.8 Å². The standard InChI is InChI=1S/C19H23FN4O/c1-13(2)9-24-10-14(8-21-24)6-15-11-23(3)22-19(15)18-5-4-17(20)7-16(18)12-25/h4-5,7-8,10-11,13,25H,6,9,12H2,1-3H3. The molecule has 1 aromatic carbocycles. The minimum absolute atomic E-state index is 0.227. The van der Waals surface area contributed by atoms with Gasteiger partial charge in [-0.3, -0.25) is 9.36 Å².